The van der Waals surface area contributed by atoms with Crippen LogP contribution in [-0.4, -0.2) is 38.5 Å². The summed E-state index contributed by atoms with van der Waals surface area (Å²) in [6, 6.07) is 17.7. The van der Waals surface area contributed by atoms with Crippen LogP contribution in [0.25, 0.3) is 22.3 Å². The van der Waals surface area contributed by atoms with Crippen molar-refractivity contribution in [1.29, 1.82) is 0 Å². The highest BCUT2D eigenvalue weighted by atomic mass is 32.2. The first-order chi connectivity index (χ1) is 13.1. The average molecular weight is 377 g/mol. The SMILES string of the molecule is CN(C(=O)CSc1nnc(-c2c[nH]c3ccccc23)n1C)c1ccccc1. The van der Waals surface area contributed by atoms with Crippen molar-refractivity contribution >= 4 is 34.3 Å². The number of thioether (sulfide) groups is 1. The minimum Gasteiger partial charge on any atom is -0.360 e. The van der Waals surface area contributed by atoms with Crippen molar-refractivity contribution in [2.75, 3.05) is 17.7 Å². The second-order valence-electron chi connectivity index (χ2n) is 6.19. The first-order valence-electron chi connectivity index (χ1n) is 8.55. The maximum atomic E-state index is 12.5. The number of fused-ring (bicyclic) bond motifs is 1. The van der Waals surface area contributed by atoms with Crippen LogP contribution in [0.15, 0.2) is 66.0 Å². The van der Waals surface area contributed by atoms with Gasteiger partial charge in [0.2, 0.25) is 5.91 Å². The topological polar surface area (TPSA) is 66.8 Å². The molecule has 0 aliphatic rings. The zero-order valence-electron chi connectivity index (χ0n) is 15.1. The normalized spacial score (nSPS) is 11.0. The molecule has 0 spiro atoms. The number of rotatable bonds is 5. The van der Waals surface area contributed by atoms with E-state index < -0.39 is 0 Å². The molecule has 7 heteroatoms. The smallest absolute Gasteiger partial charge is 0.237 e. The van der Waals surface area contributed by atoms with Crippen molar-refractivity contribution in [2.45, 2.75) is 5.16 Å². The largest absolute Gasteiger partial charge is 0.360 e. The van der Waals surface area contributed by atoms with E-state index in [0.29, 0.717) is 10.9 Å². The highest BCUT2D eigenvalue weighted by molar-refractivity contribution is 7.99. The molecule has 2 heterocycles. The number of nitrogens with zero attached hydrogens (tertiary/aromatic N) is 4. The van der Waals surface area contributed by atoms with Gasteiger partial charge in [-0.25, -0.2) is 0 Å². The number of aromatic amines is 1. The first kappa shape index (κ1) is 17.4. The van der Waals surface area contributed by atoms with Gasteiger partial charge < -0.3 is 14.5 Å². The molecular weight excluding hydrogens is 358 g/mol. The van der Waals surface area contributed by atoms with Crippen LogP contribution in [0.5, 0.6) is 0 Å². The molecule has 27 heavy (non-hydrogen) atoms. The zero-order valence-corrected chi connectivity index (χ0v) is 15.9. The summed E-state index contributed by atoms with van der Waals surface area (Å²) in [5.74, 6) is 1.09. The third-order valence-corrected chi connectivity index (χ3v) is 5.51. The Balaban J connectivity index is 1.51. The molecule has 0 aliphatic carbocycles. The Labute approximate surface area is 161 Å². The van der Waals surface area contributed by atoms with Crippen molar-refractivity contribution in [3.63, 3.8) is 0 Å². The Hall–Kier alpha value is -3.06. The maximum absolute atomic E-state index is 12.5. The minimum absolute atomic E-state index is 0.0165. The number of hydrogen-bond acceptors (Lipinski definition) is 4. The molecule has 4 rings (SSSR count). The third-order valence-electron chi connectivity index (χ3n) is 4.51. The number of amides is 1. The minimum atomic E-state index is 0.0165. The summed E-state index contributed by atoms with van der Waals surface area (Å²) >= 11 is 1.39. The van der Waals surface area contributed by atoms with E-state index in [-0.39, 0.29) is 5.91 Å². The highest BCUT2D eigenvalue weighted by Gasteiger charge is 2.17. The number of hydrogen-bond donors (Lipinski definition) is 1. The lowest BCUT2D eigenvalue weighted by Crippen LogP contribution is -2.27. The van der Waals surface area contributed by atoms with Crippen molar-refractivity contribution in [3.05, 3.63) is 60.8 Å². The van der Waals surface area contributed by atoms with E-state index in [1.165, 1.54) is 11.8 Å². The Kier molecular flexibility index (Phi) is 4.68. The summed E-state index contributed by atoms with van der Waals surface area (Å²) in [6.07, 6.45) is 1.94. The lowest BCUT2D eigenvalue weighted by molar-refractivity contribution is -0.115. The maximum Gasteiger partial charge on any atom is 0.237 e. The van der Waals surface area contributed by atoms with Gasteiger partial charge in [-0.15, -0.1) is 10.2 Å². The van der Waals surface area contributed by atoms with E-state index in [4.69, 9.17) is 0 Å². The summed E-state index contributed by atoms with van der Waals surface area (Å²) < 4.78 is 1.93. The van der Waals surface area contributed by atoms with Gasteiger partial charge in [0.1, 0.15) is 0 Å². The molecule has 1 N–H and O–H groups in total. The van der Waals surface area contributed by atoms with Crippen molar-refractivity contribution in [1.82, 2.24) is 19.7 Å². The van der Waals surface area contributed by atoms with Crippen LogP contribution >= 0.6 is 11.8 Å². The van der Waals surface area contributed by atoms with Crippen molar-refractivity contribution < 1.29 is 4.79 Å². The van der Waals surface area contributed by atoms with Gasteiger partial charge in [-0.3, -0.25) is 4.79 Å². The molecule has 2 aromatic carbocycles. The molecule has 0 radical (unpaired) electrons. The number of carbonyl (C=O) groups excluding carboxylic acids is 1. The lowest BCUT2D eigenvalue weighted by Gasteiger charge is -2.16. The van der Waals surface area contributed by atoms with E-state index in [2.05, 4.69) is 21.2 Å². The first-order valence-corrected chi connectivity index (χ1v) is 9.54. The highest BCUT2D eigenvalue weighted by Crippen LogP contribution is 2.29. The fourth-order valence-electron chi connectivity index (χ4n) is 2.95. The number of nitrogens with one attached hydrogen (secondary N) is 1. The molecule has 1 amide bonds. The molecule has 0 saturated heterocycles. The van der Waals surface area contributed by atoms with Gasteiger partial charge in [0.05, 0.1) is 5.75 Å². The van der Waals surface area contributed by atoms with Crippen LogP contribution in [0.4, 0.5) is 5.69 Å². The molecule has 0 bridgehead atoms. The summed E-state index contributed by atoms with van der Waals surface area (Å²) in [4.78, 5) is 17.4. The fraction of sp³-hybridized carbons (Fsp3) is 0.150. The van der Waals surface area contributed by atoms with Crippen LogP contribution < -0.4 is 4.90 Å². The van der Waals surface area contributed by atoms with Crippen molar-refractivity contribution in [3.8, 4) is 11.4 Å². The molecule has 0 unspecified atom stereocenters. The number of anilines is 1. The third kappa shape index (κ3) is 3.33. The van der Waals surface area contributed by atoms with E-state index in [0.717, 1.165) is 28.0 Å². The molecule has 2 aromatic heterocycles. The Morgan fingerprint density at radius 3 is 2.67 bits per heavy atom. The number of aromatic nitrogens is 4. The van der Waals surface area contributed by atoms with Gasteiger partial charge in [-0.1, -0.05) is 48.2 Å². The number of H-pyrrole nitrogens is 1. The molecule has 6 nitrogen and oxygen atoms in total. The van der Waals surface area contributed by atoms with Gasteiger partial charge in [0, 0.05) is 42.4 Å². The van der Waals surface area contributed by atoms with E-state index >= 15 is 0 Å². The summed E-state index contributed by atoms with van der Waals surface area (Å²) in [7, 11) is 3.71. The van der Waals surface area contributed by atoms with Gasteiger partial charge >= 0.3 is 0 Å². The monoisotopic (exact) mass is 377 g/mol. The Morgan fingerprint density at radius 2 is 1.85 bits per heavy atom. The molecule has 0 atom stereocenters. The molecule has 4 aromatic rings. The molecule has 136 valence electrons. The lowest BCUT2D eigenvalue weighted by atomic mass is 10.1. The van der Waals surface area contributed by atoms with Crippen LogP contribution in [0, 0.1) is 0 Å². The quantitative estimate of drug-likeness (QED) is 0.538. The second-order valence-corrected chi connectivity index (χ2v) is 7.13. The number of para-hydroxylation sites is 2. The van der Waals surface area contributed by atoms with Gasteiger partial charge in [-0.05, 0) is 18.2 Å². The number of carbonyl (C=O) groups is 1. The summed E-state index contributed by atoms with van der Waals surface area (Å²) in [5.41, 5.74) is 2.94. The van der Waals surface area contributed by atoms with Crippen molar-refractivity contribution in [2.24, 2.45) is 7.05 Å². The van der Waals surface area contributed by atoms with Crippen LogP contribution in [0.3, 0.4) is 0 Å². The number of benzene rings is 2. The zero-order chi connectivity index (χ0) is 18.8. The fourth-order valence-corrected chi connectivity index (χ4v) is 3.78. The van der Waals surface area contributed by atoms with Gasteiger partial charge in [0.15, 0.2) is 11.0 Å². The van der Waals surface area contributed by atoms with E-state index in [1.807, 2.05) is 66.3 Å². The molecule has 0 saturated carbocycles. The standard InChI is InChI=1S/C20H19N5OS/c1-24(14-8-4-3-5-9-14)18(26)13-27-20-23-22-19(25(20)2)16-12-21-17-11-7-6-10-15(16)17/h3-12,21H,13H2,1-2H3. The summed E-state index contributed by atoms with van der Waals surface area (Å²) in [6.45, 7) is 0. The molecule has 0 aliphatic heterocycles. The average Bonchev–Trinajstić information content (AvgIpc) is 3.29. The molecular formula is C20H19N5OS. The Morgan fingerprint density at radius 1 is 1.11 bits per heavy atom. The Bertz CT molecular complexity index is 1090. The molecule has 0 fully saturated rings. The van der Waals surface area contributed by atoms with E-state index in [9.17, 15) is 4.79 Å². The summed E-state index contributed by atoms with van der Waals surface area (Å²) in [5, 5.41) is 10.4. The van der Waals surface area contributed by atoms with Crippen LogP contribution in [-0.2, 0) is 11.8 Å². The van der Waals surface area contributed by atoms with Crippen LogP contribution in [0.1, 0.15) is 0 Å². The van der Waals surface area contributed by atoms with Gasteiger partial charge in [-0.2, -0.15) is 0 Å². The second kappa shape index (κ2) is 7.28. The van der Waals surface area contributed by atoms with Crippen LogP contribution in [0.2, 0.25) is 0 Å². The predicted molar refractivity (Wildman–Crippen MR) is 109 cm³/mol. The van der Waals surface area contributed by atoms with E-state index in [1.54, 1.807) is 11.9 Å². The van der Waals surface area contributed by atoms with Gasteiger partial charge in [0.25, 0.3) is 0 Å². The predicted octanol–water partition coefficient (Wildman–Crippen LogP) is 3.72.